The van der Waals surface area contributed by atoms with Crippen molar-refractivity contribution < 1.29 is 19.4 Å². The summed E-state index contributed by atoms with van der Waals surface area (Å²) in [5, 5.41) is 8.91. The highest BCUT2D eigenvalue weighted by atomic mass is 16.5. The molecule has 0 bridgehead atoms. The Morgan fingerprint density at radius 3 is 1.88 bits per heavy atom. The van der Waals surface area contributed by atoms with Gasteiger partial charge in [0.15, 0.2) is 0 Å². The van der Waals surface area contributed by atoms with Crippen LogP contribution in [0.25, 0.3) is 0 Å². The van der Waals surface area contributed by atoms with E-state index >= 15 is 0 Å². The van der Waals surface area contributed by atoms with Gasteiger partial charge in [-0.15, -0.1) is 0 Å². The SMILES string of the molecule is CCCCC/C=C\C/C=C\CCCCCCCCOCC(COCCCC(C)C(=O)O)N(C)C. The van der Waals surface area contributed by atoms with Gasteiger partial charge in [0.05, 0.1) is 25.2 Å². The van der Waals surface area contributed by atoms with Crippen LogP contribution in [0, 0.1) is 5.92 Å². The van der Waals surface area contributed by atoms with E-state index < -0.39 is 5.97 Å². The lowest BCUT2D eigenvalue weighted by Gasteiger charge is -2.24. The van der Waals surface area contributed by atoms with Crippen LogP contribution >= 0.6 is 0 Å². The third-order valence-electron chi connectivity index (χ3n) is 6.19. The Labute approximate surface area is 211 Å². The number of carbonyl (C=O) groups is 1. The molecule has 0 aliphatic heterocycles. The Kier molecular flexibility index (Phi) is 24.1. The van der Waals surface area contributed by atoms with Gasteiger partial charge in [-0.1, -0.05) is 76.7 Å². The zero-order valence-corrected chi connectivity index (χ0v) is 22.8. The molecule has 34 heavy (non-hydrogen) atoms. The maximum absolute atomic E-state index is 10.8. The minimum Gasteiger partial charge on any atom is -0.481 e. The van der Waals surface area contributed by atoms with Crippen LogP contribution in [0.15, 0.2) is 24.3 Å². The van der Waals surface area contributed by atoms with Gasteiger partial charge in [0.2, 0.25) is 0 Å². The Morgan fingerprint density at radius 1 is 0.794 bits per heavy atom. The molecular formula is C29H55NO4. The van der Waals surface area contributed by atoms with Crippen LogP contribution < -0.4 is 0 Å². The van der Waals surface area contributed by atoms with Crippen LogP contribution in [0.4, 0.5) is 0 Å². The number of likely N-dealkylation sites (N-methyl/N-ethyl adjacent to an activating group) is 1. The van der Waals surface area contributed by atoms with Crippen molar-refractivity contribution in [2.75, 3.05) is 40.5 Å². The van der Waals surface area contributed by atoms with E-state index in [4.69, 9.17) is 14.6 Å². The quantitative estimate of drug-likeness (QED) is 0.110. The summed E-state index contributed by atoms with van der Waals surface area (Å²) in [6, 6.07) is 0.238. The maximum atomic E-state index is 10.8. The van der Waals surface area contributed by atoms with E-state index in [-0.39, 0.29) is 12.0 Å². The molecule has 0 rings (SSSR count). The van der Waals surface area contributed by atoms with Crippen LogP contribution in [-0.4, -0.2) is 62.5 Å². The molecule has 0 aromatic carbocycles. The summed E-state index contributed by atoms with van der Waals surface area (Å²) < 4.78 is 11.6. The lowest BCUT2D eigenvalue weighted by molar-refractivity contribution is -0.141. The van der Waals surface area contributed by atoms with Crippen molar-refractivity contribution in [2.24, 2.45) is 5.92 Å². The van der Waals surface area contributed by atoms with E-state index in [1.807, 2.05) is 14.1 Å². The molecule has 1 N–H and O–H groups in total. The van der Waals surface area contributed by atoms with Gasteiger partial charge in [-0.25, -0.2) is 0 Å². The number of carboxylic acid groups (broad SMARTS) is 1. The van der Waals surface area contributed by atoms with Gasteiger partial charge in [0, 0.05) is 13.2 Å². The van der Waals surface area contributed by atoms with E-state index in [2.05, 4.69) is 36.1 Å². The summed E-state index contributed by atoms with van der Waals surface area (Å²) in [5.41, 5.74) is 0. The molecular weight excluding hydrogens is 426 g/mol. The summed E-state index contributed by atoms with van der Waals surface area (Å²) >= 11 is 0. The smallest absolute Gasteiger partial charge is 0.306 e. The number of ether oxygens (including phenoxy) is 2. The van der Waals surface area contributed by atoms with Crippen LogP contribution in [0.5, 0.6) is 0 Å². The molecule has 200 valence electrons. The Balaban J connectivity index is 3.51. The first-order chi connectivity index (χ1) is 16.5. The summed E-state index contributed by atoms with van der Waals surface area (Å²) in [6.07, 6.45) is 25.8. The van der Waals surface area contributed by atoms with Gasteiger partial charge in [-0.05, 0) is 65.5 Å². The molecule has 2 atom stereocenters. The number of allylic oxidation sites excluding steroid dienone is 4. The van der Waals surface area contributed by atoms with Gasteiger partial charge < -0.3 is 19.5 Å². The fraction of sp³-hybridized carbons (Fsp3) is 0.828. The van der Waals surface area contributed by atoms with Crippen LogP contribution in [0.2, 0.25) is 0 Å². The molecule has 0 radical (unpaired) electrons. The van der Waals surface area contributed by atoms with E-state index in [1.54, 1.807) is 6.92 Å². The lowest BCUT2D eigenvalue weighted by Crippen LogP contribution is -2.37. The fourth-order valence-corrected chi connectivity index (χ4v) is 3.59. The Hall–Kier alpha value is -1.17. The summed E-state index contributed by atoms with van der Waals surface area (Å²) in [4.78, 5) is 13.0. The van der Waals surface area contributed by atoms with E-state index in [1.165, 1.54) is 64.2 Å². The number of carboxylic acids is 1. The molecule has 0 aliphatic carbocycles. The predicted molar refractivity (Wildman–Crippen MR) is 145 cm³/mol. The van der Waals surface area contributed by atoms with Crippen molar-refractivity contribution >= 4 is 5.97 Å². The monoisotopic (exact) mass is 481 g/mol. The fourth-order valence-electron chi connectivity index (χ4n) is 3.59. The van der Waals surface area contributed by atoms with Gasteiger partial charge in [-0.3, -0.25) is 4.79 Å². The number of hydrogen-bond donors (Lipinski definition) is 1. The van der Waals surface area contributed by atoms with Crippen LogP contribution in [0.1, 0.15) is 104 Å². The molecule has 0 aromatic heterocycles. The second kappa shape index (κ2) is 24.9. The zero-order chi connectivity index (χ0) is 25.3. The molecule has 0 fully saturated rings. The Morgan fingerprint density at radius 2 is 1.32 bits per heavy atom. The molecule has 0 amide bonds. The van der Waals surface area contributed by atoms with Crippen molar-refractivity contribution in [3.8, 4) is 0 Å². The van der Waals surface area contributed by atoms with Crippen LogP contribution in [0.3, 0.4) is 0 Å². The van der Waals surface area contributed by atoms with Crippen molar-refractivity contribution in [1.82, 2.24) is 4.90 Å². The zero-order valence-electron chi connectivity index (χ0n) is 22.8. The number of nitrogens with zero attached hydrogens (tertiary/aromatic N) is 1. The number of unbranched alkanes of at least 4 members (excludes halogenated alkanes) is 9. The first-order valence-corrected chi connectivity index (χ1v) is 13.8. The lowest BCUT2D eigenvalue weighted by atomic mass is 10.1. The second-order valence-corrected chi connectivity index (χ2v) is 9.73. The first-order valence-electron chi connectivity index (χ1n) is 13.8. The molecule has 0 aliphatic rings. The van der Waals surface area contributed by atoms with Crippen molar-refractivity contribution in [2.45, 2.75) is 110 Å². The summed E-state index contributed by atoms with van der Waals surface area (Å²) in [5.74, 6) is -1.03. The van der Waals surface area contributed by atoms with E-state index in [0.29, 0.717) is 26.2 Å². The van der Waals surface area contributed by atoms with Gasteiger partial charge >= 0.3 is 5.97 Å². The average Bonchev–Trinajstić information content (AvgIpc) is 2.81. The molecule has 0 saturated carbocycles. The average molecular weight is 482 g/mol. The third kappa shape index (κ3) is 22.6. The van der Waals surface area contributed by atoms with Crippen molar-refractivity contribution in [3.63, 3.8) is 0 Å². The molecule has 0 saturated heterocycles. The highest BCUT2D eigenvalue weighted by Crippen LogP contribution is 2.09. The second-order valence-electron chi connectivity index (χ2n) is 9.73. The minimum atomic E-state index is -0.733. The number of rotatable bonds is 25. The van der Waals surface area contributed by atoms with Gasteiger partial charge in [-0.2, -0.15) is 0 Å². The molecule has 5 heteroatoms. The Bertz CT molecular complexity index is 504. The maximum Gasteiger partial charge on any atom is 0.306 e. The normalized spacial score (nSPS) is 13.9. The van der Waals surface area contributed by atoms with Crippen LogP contribution in [-0.2, 0) is 14.3 Å². The molecule has 0 heterocycles. The molecule has 0 spiro atoms. The summed E-state index contributed by atoms with van der Waals surface area (Å²) in [7, 11) is 4.09. The minimum absolute atomic E-state index is 0.238. The van der Waals surface area contributed by atoms with E-state index in [9.17, 15) is 4.79 Å². The predicted octanol–water partition coefficient (Wildman–Crippen LogP) is 7.26. The molecule has 0 aromatic rings. The van der Waals surface area contributed by atoms with Gasteiger partial charge in [0.1, 0.15) is 0 Å². The largest absolute Gasteiger partial charge is 0.481 e. The third-order valence-corrected chi connectivity index (χ3v) is 6.19. The summed E-state index contributed by atoms with van der Waals surface area (Å²) in [6.45, 7) is 6.72. The molecule has 5 nitrogen and oxygen atoms in total. The van der Waals surface area contributed by atoms with Crippen molar-refractivity contribution in [1.29, 1.82) is 0 Å². The highest BCUT2D eigenvalue weighted by Gasteiger charge is 2.13. The highest BCUT2D eigenvalue weighted by molar-refractivity contribution is 5.69. The topological polar surface area (TPSA) is 59.0 Å². The van der Waals surface area contributed by atoms with Gasteiger partial charge in [0.25, 0.3) is 0 Å². The molecule has 2 unspecified atom stereocenters. The first kappa shape index (κ1) is 32.8. The standard InChI is InChI=1S/C29H55NO4/c1-5-6-7-8-9-10-11-12-13-14-15-16-17-18-19-20-23-33-25-28(30(3)4)26-34-24-21-22-27(2)29(31)32/h9-10,12-13,27-28H,5-8,11,14-26H2,1-4H3,(H,31,32)/b10-9-,13-12-. The van der Waals surface area contributed by atoms with Crippen molar-refractivity contribution in [3.05, 3.63) is 24.3 Å². The van der Waals surface area contributed by atoms with E-state index in [0.717, 1.165) is 25.9 Å². The number of aliphatic carboxylic acids is 1. The number of hydrogen-bond acceptors (Lipinski definition) is 4.